The lowest BCUT2D eigenvalue weighted by Gasteiger charge is -2.45. The molecule has 3 nitrogen and oxygen atoms in total. The van der Waals surface area contributed by atoms with Gasteiger partial charge < -0.3 is 10.2 Å². The van der Waals surface area contributed by atoms with E-state index in [1.807, 2.05) is 0 Å². The van der Waals surface area contributed by atoms with E-state index in [1.165, 1.54) is 44.9 Å². The van der Waals surface area contributed by atoms with E-state index in [0.717, 1.165) is 38.0 Å². The molecule has 0 bridgehead atoms. The maximum absolute atomic E-state index is 13.1. The normalized spacial score (nSPS) is 34.4. The molecule has 0 radical (unpaired) electrons. The van der Waals surface area contributed by atoms with Crippen LogP contribution < -0.4 is 5.32 Å². The van der Waals surface area contributed by atoms with Gasteiger partial charge in [0, 0.05) is 18.5 Å². The number of hydrogen-bond donors (Lipinski definition) is 1. The molecule has 3 heteroatoms. The number of carbonyl (C=O) groups is 1. The molecule has 2 heterocycles. The first-order valence-electron chi connectivity index (χ1n) is 9.09. The number of amides is 1. The van der Waals surface area contributed by atoms with E-state index in [-0.39, 0.29) is 5.41 Å². The molecule has 1 aliphatic carbocycles. The lowest BCUT2D eigenvalue weighted by atomic mass is 9.71. The fraction of sp³-hybridized carbons (Fsp3) is 0.944. The van der Waals surface area contributed by atoms with Crippen molar-refractivity contribution < 1.29 is 4.79 Å². The molecule has 3 unspecified atom stereocenters. The molecule has 1 N–H and O–H groups in total. The molecule has 3 rings (SSSR count). The zero-order valence-corrected chi connectivity index (χ0v) is 13.9. The number of fused-ring (bicyclic) bond motifs is 1. The van der Waals surface area contributed by atoms with Crippen LogP contribution in [-0.4, -0.2) is 37.0 Å². The summed E-state index contributed by atoms with van der Waals surface area (Å²) in [5.74, 6) is 2.61. The molecule has 0 aromatic carbocycles. The van der Waals surface area contributed by atoms with Crippen molar-refractivity contribution in [2.24, 2.45) is 23.2 Å². The number of nitrogens with zero attached hydrogens (tertiary/aromatic N) is 1. The van der Waals surface area contributed by atoms with Gasteiger partial charge in [0.15, 0.2) is 0 Å². The topological polar surface area (TPSA) is 32.3 Å². The number of likely N-dealkylation sites (tertiary alicyclic amines) is 1. The van der Waals surface area contributed by atoms with Gasteiger partial charge in [-0.3, -0.25) is 4.79 Å². The van der Waals surface area contributed by atoms with Crippen LogP contribution in [0.15, 0.2) is 0 Å². The molecule has 1 amide bonds. The molecule has 1 saturated carbocycles. The molecular weight excluding hydrogens is 260 g/mol. The van der Waals surface area contributed by atoms with Gasteiger partial charge in [0.2, 0.25) is 5.91 Å². The lowest BCUT2D eigenvalue weighted by Crippen LogP contribution is -2.53. The predicted octanol–water partition coefficient (Wildman–Crippen LogP) is 3.05. The molecule has 3 fully saturated rings. The second-order valence-electron chi connectivity index (χ2n) is 8.11. The SMILES string of the molecule is CC(C)(C(=O)N1CCC2CCCCC2C1)C1CCCNC1. The van der Waals surface area contributed by atoms with Crippen LogP contribution in [0, 0.1) is 23.2 Å². The zero-order valence-electron chi connectivity index (χ0n) is 13.9. The van der Waals surface area contributed by atoms with Crippen LogP contribution in [-0.2, 0) is 4.79 Å². The molecule has 0 aromatic heterocycles. The van der Waals surface area contributed by atoms with Crippen LogP contribution in [0.2, 0.25) is 0 Å². The highest BCUT2D eigenvalue weighted by molar-refractivity contribution is 5.82. The number of piperidine rings is 2. The number of carbonyl (C=O) groups excluding carboxylic acids is 1. The standard InChI is InChI=1S/C18H32N2O/c1-18(2,16-8-5-10-19-12-16)17(21)20-11-9-14-6-3-4-7-15(14)13-20/h14-16,19H,3-13H2,1-2H3. The Labute approximate surface area is 129 Å². The Kier molecular flexibility index (Phi) is 4.58. The van der Waals surface area contributed by atoms with E-state index in [1.54, 1.807) is 0 Å². The van der Waals surface area contributed by atoms with E-state index in [9.17, 15) is 4.79 Å². The highest BCUT2D eigenvalue weighted by Gasteiger charge is 2.42. The van der Waals surface area contributed by atoms with Gasteiger partial charge in [-0.2, -0.15) is 0 Å². The second-order valence-corrected chi connectivity index (χ2v) is 8.11. The molecule has 2 aliphatic heterocycles. The average Bonchev–Trinajstić information content (AvgIpc) is 2.54. The summed E-state index contributed by atoms with van der Waals surface area (Å²) in [6, 6.07) is 0. The van der Waals surface area contributed by atoms with Crippen LogP contribution in [0.5, 0.6) is 0 Å². The van der Waals surface area contributed by atoms with E-state index < -0.39 is 0 Å². The molecular formula is C18H32N2O. The first-order valence-corrected chi connectivity index (χ1v) is 9.09. The summed E-state index contributed by atoms with van der Waals surface area (Å²) < 4.78 is 0. The van der Waals surface area contributed by atoms with Crippen molar-refractivity contribution in [2.75, 3.05) is 26.2 Å². The first-order chi connectivity index (χ1) is 10.1. The summed E-state index contributed by atoms with van der Waals surface area (Å²) in [5, 5.41) is 3.47. The third-order valence-electron chi connectivity index (χ3n) is 6.45. The number of nitrogens with one attached hydrogen (secondary N) is 1. The van der Waals surface area contributed by atoms with Crippen LogP contribution in [0.3, 0.4) is 0 Å². The van der Waals surface area contributed by atoms with E-state index in [4.69, 9.17) is 0 Å². The molecule has 3 aliphatic rings. The summed E-state index contributed by atoms with van der Waals surface area (Å²) in [5.41, 5.74) is -0.199. The van der Waals surface area contributed by atoms with E-state index >= 15 is 0 Å². The van der Waals surface area contributed by atoms with Crippen molar-refractivity contribution in [3.63, 3.8) is 0 Å². The van der Waals surface area contributed by atoms with Gasteiger partial charge in [0.05, 0.1) is 0 Å². The summed E-state index contributed by atoms with van der Waals surface area (Å²) in [6.07, 6.45) is 9.20. The Morgan fingerprint density at radius 2 is 1.81 bits per heavy atom. The largest absolute Gasteiger partial charge is 0.342 e. The minimum Gasteiger partial charge on any atom is -0.342 e. The number of rotatable bonds is 2. The average molecular weight is 292 g/mol. The monoisotopic (exact) mass is 292 g/mol. The lowest BCUT2D eigenvalue weighted by molar-refractivity contribution is -0.147. The minimum absolute atomic E-state index is 0.199. The Balaban J connectivity index is 1.63. The molecule has 2 saturated heterocycles. The molecule has 0 aromatic rings. The fourth-order valence-corrected chi connectivity index (χ4v) is 4.84. The van der Waals surface area contributed by atoms with Gasteiger partial charge in [-0.25, -0.2) is 0 Å². The Bertz CT molecular complexity index is 373. The van der Waals surface area contributed by atoms with Gasteiger partial charge in [-0.1, -0.05) is 33.1 Å². The van der Waals surface area contributed by atoms with E-state index in [0.29, 0.717) is 11.8 Å². The highest BCUT2D eigenvalue weighted by atomic mass is 16.2. The van der Waals surface area contributed by atoms with Crippen molar-refractivity contribution >= 4 is 5.91 Å². The van der Waals surface area contributed by atoms with Gasteiger partial charge in [0.25, 0.3) is 0 Å². The van der Waals surface area contributed by atoms with Crippen molar-refractivity contribution in [3.05, 3.63) is 0 Å². The van der Waals surface area contributed by atoms with Gasteiger partial charge in [0.1, 0.15) is 0 Å². The maximum Gasteiger partial charge on any atom is 0.228 e. The van der Waals surface area contributed by atoms with Crippen LogP contribution in [0.4, 0.5) is 0 Å². The third kappa shape index (κ3) is 3.13. The summed E-state index contributed by atoms with van der Waals surface area (Å²) in [7, 11) is 0. The van der Waals surface area contributed by atoms with Crippen molar-refractivity contribution in [3.8, 4) is 0 Å². The second kappa shape index (κ2) is 6.28. The van der Waals surface area contributed by atoms with E-state index in [2.05, 4.69) is 24.1 Å². The van der Waals surface area contributed by atoms with Crippen molar-refractivity contribution in [2.45, 2.75) is 58.8 Å². The Morgan fingerprint density at radius 3 is 2.52 bits per heavy atom. The first kappa shape index (κ1) is 15.3. The minimum atomic E-state index is -0.199. The summed E-state index contributed by atoms with van der Waals surface area (Å²) >= 11 is 0. The maximum atomic E-state index is 13.1. The zero-order chi connectivity index (χ0) is 14.9. The van der Waals surface area contributed by atoms with Gasteiger partial charge in [-0.15, -0.1) is 0 Å². The predicted molar refractivity (Wildman–Crippen MR) is 86.0 cm³/mol. The molecule has 21 heavy (non-hydrogen) atoms. The summed E-state index contributed by atoms with van der Waals surface area (Å²) in [4.78, 5) is 15.3. The molecule has 3 atom stereocenters. The Morgan fingerprint density at radius 1 is 1.05 bits per heavy atom. The highest BCUT2D eigenvalue weighted by Crippen LogP contribution is 2.39. The van der Waals surface area contributed by atoms with Crippen molar-refractivity contribution in [1.29, 1.82) is 0 Å². The smallest absolute Gasteiger partial charge is 0.228 e. The fourth-order valence-electron chi connectivity index (χ4n) is 4.84. The third-order valence-corrected chi connectivity index (χ3v) is 6.45. The van der Waals surface area contributed by atoms with Crippen LogP contribution in [0.1, 0.15) is 58.8 Å². The van der Waals surface area contributed by atoms with Crippen LogP contribution in [0.25, 0.3) is 0 Å². The Hall–Kier alpha value is -0.570. The van der Waals surface area contributed by atoms with Gasteiger partial charge >= 0.3 is 0 Å². The summed E-state index contributed by atoms with van der Waals surface area (Å²) in [6.45, 7) is 8.53. The van der Waals surface area contributed by atoms with Crippen molar-refractivity contribution in [1.82, 2.24) is 10.2 Å². The number of hydrogen-bond acceptors (Lipinski definition) is 2. The quantitative estimate of drug-likeness (QED) is 0.848. The van der Waals surface area contributed by atoms with Gasteiger partial charge in [-0.05, 0) is 56.5 Å². The molecule has 120 valence electrons. The van der Waals surface area contributed by atoms with Crippen LogP contribution >= 0.6 is 0 Å². The molecule has 0 spiro atoms.